The van der Waals surface area contributed by atoms with Crippen LogP contribution in [0.5, 0.6) is 0 Å². The molecule has 0 saturated heterocycles. The Hall–Kier alpha value is -1.79. The van der Waals surface area contributed by atoms with Gasteiger partial charge in [-0.15, -0.1) is 0 Å². The standard InChI is InChI=1S/C11H19NO6/c1-10(2,3)18-9(16)12-11(4,6-7(13)14)8(15)17-5/h6H2,1-5H3,(H,12,16)(H,13,14)/t11-/m0/s1. The van der Waals surface area contributed by atoms with Gasteiger partial charge in [0.2, 0.25) is 0 Å². The van der Waals surface area contributed by atoms with Crippen LogP contribution in [0, 0.1) is 0 Å². The average Bonchev–Trinajstić information content (AvgIpc) is 2.11. The summed E-state index contributed by atoms with van der Waals surface area (Å²) < 4.78 is 9.43. The zero-order valence-electron chi connectivity index (χ0n) is 11.2. The Labute approximate surface area is 105 Å². The van der Waals surface area contributed by atoms with E-state index in [0.717, 1.165) is 7.11 Å². The van der Waals surface area contributed by atoms with E-state index in [1.807, 2.05) is 0 Å². The van der Waals surface area contributed by atoms with Crippen LogP contribution in [0.25, 0.3) is 0 Å². The van der Waals surface area contributed by atoms with Gasteiger partial charge in [-0.25, -0.2) is 9.59 Å². The summed E-state index contributed by atoms with van der Waals surface area (Å²) in [6, 6.07) is 0. The molecular formula is C11H19NO6. The molecule has 0 radical (unpaired) electrons. The zero-order chi connectivity index (χ0) is 14.6. The van der Waals surface area contributed by atoms with Crippen LogP contribution in [0.3, 0.4) is 0 Å². The molecule has 0 spiro atoms. The number of rotatable bonds is 4. The topological polar surface area (TPSA) is 102 Å². The summed E-state index contributed by atoms with van der Waals surface area (Å²) in [5.41, 5.74) is -2.41. The fourth-order valence-corrected chi connectivity index (χ4v) is 1.22. The third kappa shape index (κ3) is 5.51. The first-order valence-electron chi connectivity index (χ1n) is 5.31. The maximum atomic E-state index is 11.5. The Kier molecular flexibility index (Phi) is 5.13. The van der Waals surface area contributed by atoms with Crippen molar-refractivity contribution in [2.75, 3.05) is 7.11 Å². The molecule has 0 bridgehead atoms. The molecule has 7 heteroatoms. The van der Waals surface area contributed by atoms with Gasteiger partial charge >= 0.3 is 18.0 Å². The number of aliphatic carboxylic acids is 1. The highest BCUT2D eigenvalue weighted by Gasteiger charge is 2.39. The molecular weight excluding hydrogens is 242 g/mol. The van der Waals surface area contributed by atoms with Crippen molar-refractivity contribution in [2.24, 2.45) is 0 Å². The van der Waals surface area contributed by atoms with Gasteiger partial charge < -0.3 is 19.9 Å². The lowest BCUT2D eigenvalue weighted by molar-refractivity contribution is -0.153. The van der Waals surface area contributed by atoms with Crippen molar-refractivity contribution in [2.45, 2.75) is 45.3 Å². The second-order valence-electron chi connectivity index (χ2n) is 5.02. The van der Waals surface area contributed by atoms with E-state index < -0.39 is 35.6 Å². The number of esters is 1. The number of ether oxygens (including phenoxy) is 2. The van der Waals surface area contributed by atoms with E-state index in [9.17, 15) is 14.4 Å². The van der Waals surface area contributed by atoms with Gasteiger partial charge in [0.15, 0.2) is 0 Å². The molecule has 7 nitrogen and oxygen atoms in total. The van der Waals surface area contributed by atoms with Crippen LogP contribution in [0.4, 0.5) is 4.79 Å². The Morgan fingerprint density at radius 2 is 1.67 bits per heavy atom. The lowest BCUT2D eigenvalue weighted by Gasteiger charge is -2.28. The van der Waals surface area contributed by atoms with Crippen molar-refractivity contribution in [1.29, 1.82) is 0 Å². The number of methoxy groups -OCH3 is 1. The Morgan fingerprint density at radius 1 is 1.17 bits per heavy atom. The first kappa shape index (κ1) is 16.2. The third-order valence-electron chi connectivity index (χ3n) is 1.92. The van der Waals surface area contributed by atoms with Crippen molar-refractivity contribution < 1.29 is 29.0 Å². The Bertz CT molecular complexity index is 346. The highest BCUT2D eigenvalue weighted by atomic mass is 16.6. The van der Waals surface area contributed by atoms with E-state index in [4.69, 9.17) is 9.84 Å². The van der Waals surface area contributed by atoms with Gasteiger partial charge in [0.1, 0.15) is 11.1 Å². The number of carbonyl (C=O) groups is 3. The highest BCUT2D eigenvalue weighted by molar-refractivity contribution is 5.89. The molecule has 0 rings (SSSR count). The summed E-state index contributed by atoms with van der Waals surface area (Å²) in [7, 11) is 1.11. The SMILES string of the molecule is COC(=O)[C@](C)(CC(=O)O)NC(=O)OC(C)(C)C. The number of hydrogen-bond donors (Lipinski definition) is 2. The molecule has 0 aromatic heterocycles. The molecule has 1 atom stereocenters. The zero-order valence-corrected chi connectivity index (χ0v) is 11.2. The molecule has 0 heterocycles. The molecule has 0 saturated carbocycles. The largest absolute Gasteiger partial charge is 0.481 e. The highest BCUT2D eigenvalue weighted by Crippen LogP contribution is 2.14. The van der Waals surface area contributed by atoms with Crippen LogP contribution in [-0.2, 0) is 19.1 Å². The van der Waals surface area contributed by atoms with Crippen LogP contribution in [0.2, 0.25) is 0 Å². The van der Waals surface area contributed by atoms with E-state index in [2.05, 4.69) is 10.1 Å². The van der Waals surface area contributed by atoms with Crippen molar-refractivity contribution in [1.82, 2.24) is 5.32 Å². The maximum absolute atomic E-state index is 11.5. The van der Waals surface area contributed by atoms with Crippen LogP contribution < -0.4 is 5.32 Å². The third-order valence-corrected chi connectivity index (χ3v) is 1.92. The van der Waals surface area contributed by atoms with Gasteiger partial charge in [0, 0.05) is 0 Å². The first-order chi connectivity index (χ1) is 8.00. The summed E-state index contributed by atoms with van der Waals surface area (Å²) in [4.78, 5) is 33.8. The fraction of sp³-hybridized carbons (Fsp3) is 0.727. The maximum Gasteiger partial charge on any atom is 0.408 e. The number of hydrogen-bond acceptors (Lipinski definition) is 5. The van der Waals surface area contributed by atoms with Gasteiger partial charge in [-0.2, -0.15) is 0 Å². The first-order valence-corrected chi connectivity index (χ1v) is 5.31. The van der Waals surface area contributed by atoms with E-state index in [1.165, 1.54) is 6.92 Å². The summed E-state index contributed by atoms with van der Waals surface area (Å²) in [6.45, 7) is 6.22. The van der Waals surface area contributed by atoms with Gasteiger partial charge in [-0.3, -0.25) is 4.79 Å². The van der Waals surface area contributed by atoms with Crippen molar-refractivity contribution in [3.8, 4) is 0 Å². The number of alkyl carbamates (subject to hydrolysis) is 1. The van der Waals surface area contributed by atoms with Crippen molar-refractivity contribution >= 4 is 18.0 Å². The van der Waals surface area contributed by atoms with Gasteiger partial charge in [-0.1, -0.05) is 0 Å². The normalized spacial score (nSPS) is 14.3. The number of amides is 1. The molecule has 0 fully saturated rings. The van der Waals surface area contributed by atoms with Crippen LogP contribution in [0.15, 0.2) is 0 Å². The van der Waals surface area contributed by atoms with E-state index in [0.29, 0.717) is 0 Å². The van der Waals surface area contributed by atoms with Gasteiger partial charge in [-0.05, 0) is 27.7 Å². The molecule has 0 aromatic rings. The van der Waals surface area contributed by atoms with E-state index in [-0.39, 0.29) is 0 Å². The fourth-order valence-electron chi connectivity index (χ4n) is 1.22. The van der Waals surface area contributed by atoms with Crippen LogP contribution >= 0.6 is 0 Å². The smallest absolute Gasteiger partial charge is 0.408 e. The number of nitrogens with one attached hydrogen (secondary N) is 1. The molecule has 104 valence electrons. The molecule has 18 heavy (non-hydrogen) atoms. The van der Waals surface area contributed by atoms with Crippen molar-refractivity contribution in [3.05, 3.63) is 0 Å². The minimum absolute atomic E-state index is 0.598. The summed E-state index contributed by atoms with van der Waals surface area (Å²) in [5.74, 6) is -2.09. The van der Waals surface area contributed by atoms with Gasteiger partial charge in [0.05, 0.1) is 13.5 Å². The van der Waals surface area contributed by atoms with E-state index in [1.54, 1.807) is 20.8 Å². The quantitative estimate of drug-likeness (QED) is 0.729. The second-order valence-corrected chi connectivity index (χ2v) is 5.02. The minimum atomic E-state index is -1.66. The van der Waals surface area contributed by atoms with Crippen LogP contribution in [-0.4, -0.2) is 41.4 Å². The number of carboxylic acids is 1. The number of carboxylic acid groups (broad SMARTS) is 1. The predicted octanol–water partition coefficient (Wildman–Crippen LogP) is 0.917. The van der Waals surface area contributed by atoms with Gasteiger partial charge in [0.25, 0.3) is 0 Å². The number of carbonyl (C=O) groups excluding carboxylic acids is 2. The lowest BCUT2D eigenvalue weighted by Crippen LogP contribution is -2.55. The molecule has 1 amide bonds. The molecule has 0 aliphatic carbocycles. The molecule has 0 unspecified atom stereocenters. The molecule has 0 aliphatic rings. The average molecular weight is 261 g/mol. The summed E-state index contributed by atoms with van der Waals surface area (Å²) in [6.07, 6.45) is -1.48. The monoisotopic (exact) mass is 261 g/mol. The Morgan fingerprint density at radius 3 is 2.00 bits per heavy atom. The van der Waals surface area contributed by atoms with E-state index >= 15 is 0 Å². The molecule has 0 aliphatic heterocycles. The second kappa shape index (κ2) is 5.70. The summed E-state index contributed by atoms with van der Waals surface area (Å²) >= 11 is 0. The van der Waals surface area contributed by atoms with Crippen LogP contribution in [0.1, 0.15) is 34.1 Å². The summed E-state index contributed by atoms with van der Waals surface area (Å²) in [5, 5.41) is 11.0. The molecule has 2 N–H and O–H groups in total. The van der Waals surface area contributed by atoms with Crippen molar-refractivity contribution in [3.63, 3.8) is 0 Å². The Balaban J connectivity index is 4.85. The predicted molar refractivity (Wildman–Crippen MR) is 62.0 cm³/mol. The lowest BCUT2D eigenvalue weighted by atomic mass is 9.98. The molecule has 0 aromatic carbocycles. The minimum Gasteiger partial charge on any atom is -0.481 e.